The molecule has 0 aliphatic carbocycles. The SMILES string of the molecule is O=C1NCCc2c(N[C@@H]3COCC[C@H]3O)nc(CCc3ccccc3)nc21. The number of benzene rings is 1. The monoisotopic (exact) mass is 368 g/mol. The molecule has 4 rings (SSSR count). The number of aliphatic hydroxyl groups is 1. The molecule has 3 heterocycles. The molecule has 0 bridgehead atoms. The molecule has 3 N–H and O–H groups in total. The molecular weight excluding hydrogens is 344 g/mol. The van der Waals surface area contributed by atoms with Crippen molar-refractivity contribution in [1.29, 1.82) is 0 Å². The molecule has 1 aromatic heterocycles. The zero-order valence-electron chi connectivity index (χ0n) is 15.1. The number of nitrogens with one attached hydrogen (secondary N) is 2. The third-order valence-electron chi connectivity index (χ3n) is 5.05. The van der Waals surface area contributed by atoms with E-state index in [0.29, 0.717) is 56.4 Å². The van der Waals surface area contributed by atoms with E-state index in [2.05, 4.69) is 27.8 Å². The van der Waals surface area contributed by atoms with Crippen LogP contribution in [-0.2, 0) is 24.0 Å². The van der Waals surface area contributed by atoms with Gasteiger partial charge in [-0.25, -0.2) is 9.97 Å². The molecule has 0 spiro atoms. The van der Waals surface area contributed by atoms with Crippen molar-refractivity contribution in [2.45, 2.75) is 37.8 Å². The Morgan fingerprint density at radius 3 is 2.89 bits per heavy atom. The Morgan fingerprint density at radius 1 is 1.22 bits per heavy atom. The molecule has 27 heavy (non-hydrogen) atoms. The number of fused-ring (bicyclic) bond motifs is 1. The number of ether oxygens (including phenoxy) is 1. The highest BCUT2D eigenvalue weighted by Crippen LogP contribution is 2.23. The number of carbonyl (C=O) groups excluding carboxylic acids is 1. The summed E-state index contributed by atoms with van der Waals surface area (Å²) in [6.07, 6.45) is 2.21. The van der Waals surface area contributed by atoms with Crippen LogP contribution < -0.4 is 10.6 Å². The summed E-state index contributed by atoms with van der Waals surface area (Å²) in [5.41, 5.74) is 2.46. The summed E-state index contributed by atoms with van der Waals surface area (Å²) in [6, 6.07) is 9.91. The largest absolute Gasteiger partial charge is 0.391 e. The van der Waals surface area contributed by atoms with Crippen molar-refractivity contribution in [2.24, 2.45) is 0 Å². The van der Waals surface area contributed by atoms with Crippen LogP contribution in [0.4, 0.5) is 5.82 Å². The van der Waals surface area contributed by atoms with Gasteiger partial charge in [0.15, 0.2) is 0 Å². The second kappa shape index (κ2) is 8.02. The fourth-order valence-corrected chi connectivity index (χ4v) is 3.51. The normalized spacial score (nSPS) is 22.0. The molecule has 0 unspecified atom stereocenters. The van der Waals surface area contributed by atoms with Crippen LogP contribution in [0.15, 0.2) is 30.3 Å². The first-order valence-electron chi connectivity index (χ1n) is 9.45. The zero-order valence-corrected chi connectivity index (χ0v) is 15.1. The van der Waals surface area contributed by atoms with Crippen molar-refractivity contribution < 1.29 is 14.6 Å². The first kappa shape index (κ1) is 17.9. The van der Waals surface area contributed by atoms with Crippen molar-refractivity contribution in [3.8, 4) is 0 Å². The Morgan fingerprint density at radius 2 is 2.07 bits per heavy atom. The van der Waals surface area contributed by atoms with Crippen LogP contribution in [0.1, 0.15) is 33.9 Å². The van der Waals surface area contributed by atoms with Crippen LogP contribution >= 0.6 is 0 Å². The third-order valence-corrected chi connectivity index (χ3v) is 5.05. The van der Waals surface area contributed by atoms with Gasteiger partial charge in [0.25, 0.3) is 5.91 Å². The lowest BCUT2D eigenvalue weighted by Gasteiger charge is -2.30. The topological polar surface area (TPSA) is 96.4 Å². The number of aliphatic hydroxyl groups excluding tert-OH is 1. The Labute approximate surface area is 158 Å². The molecule has 2 aromatic rings. The van der Waals surface area contributed by atoms with Gasteiger partial charge in [0.2, 0.25) is 0 Å². The Kier molecular flexibility index (Phi) is 5.31. The molecule has 7 heteroatoms. The van der Waals surface area contributed by atoms with Gasteiger partial charge in [-0.1, -0.05) is 30.3 Å². The number of amides is 1. The van der Waals surface area contributed by atoms with Gasteiger partial charge in [-0.3, -0.25) is 4.79 Å². The molecule has 2 aliphatic rings. The number of hydrogen-bond acceptors (Lipinski definition) is 6. The zero-order chi connectivity index (χ0) is 18.6. The van der Waals surface area contributed by atoms with Gasteiger partial charge in [-0.05, 0) is 24.8 Å². The minimum Gasteiger partial charge on any atom is -0.391 e. The van der Waals surface area contributed by atoms with Crippen LogP contribution in [0.3, 0.4) is 0 Å². The minimum absolute atomic E-state index is 0.164. The highest BCUT2D eigenvalue weighted by atomic mass is 16.5. The summed E-state index contributed by atoms with van der Waals surface area (Å²) < 4.78 is 5.48. The Hall–Kier alpha value is -2.51. The highest BCUT2D eigenvalue weighted by Gasteiger charge is 2.28. The average Bonchev–Trinajstić information content (AvgIpc) is 2.70. The van der Waals surface area contributed by atoms with Gasteiger partial charge in [0, 0.05) is 25.1 Å². The standard InChI is InChI=1S/C20H24N4O3/c25-16-9-11-27-12-15(16)22-19-14-8-10-21-20(26)18(14)23-17(24-19)7-6-13-4-2-1-3-5-13/h1-5,15-16,25H,6-12H2,(H,21,26)(H,22,23,24)/t15-,16-/m1/s1. The minimum atomic E-state index is -0.491. The van der Waals surface area contributed by atoms with E-state index in [-0.39, 0.29) is 11.9 Å². The van der Waals surface area contributed by atoms with Crippen LogP contribution in [0, 0.1) is 0 Å². The van der Waals surface area contributed by atoms with E-state index in [9.17, 15) is 9.90 Å². The molecule has 0 radical (unpaired) electrons. The fourth-order valence-electron chi connectivity index (χ4n) is 3.51. The lowest BCUT2D eigenvalue weighted by atomic mass is 10.0. The van der Waals surface area contributed by atoms with Crippen molar-refractivity contribution in [2.75, 3.05) is 25.1 Å². The van der Waals surface area contributed by atoms with Crippen LogP contribution in [0.2, 0.25) is 0 Å². The number of anilines is 1. The van der Waals surface area contributed by atoms with E-state index < -0.39 is 6.10 Å². The van der Waals surface area contributed by atoms with Gasteiger partial charge < -0.3 is 20.5 Å². The van der Waals surface area contributed by atoms with Crippen molar-refractivity contribution in [3.05, 3.63) is 53.0 Å². The Bertz CT molecular complexity index is 812. The smallest absolute Gasteiger partial charge is 0.270 e. The van der Waals surface area contributed by atoms with Crippen molar-refractivity contribution >= 4 is 11.7 Å². The van der Waals surface area contributed by atoms with E-state index in [1.807, 2.05) is 18.2 Å². The second-order valence-corrected chi connectivity index (χ2v) is 6.99. The van der Waals surface area contributed by atoms with Gasteiger partial charge in [0.1, 0.15) is 17.3 Å². The molecule has 1 amide bonds. The summed E-state index contributed by atoms with van der Waals surface area (Å²) in [6.45, 7) is 1.55. The van der Waals surface area contributed by atoms with Crippen LogP contribution in [0.25, 0.3) is 0 Å². The average molecular weight is 368 g/mol. The number of aryl methyl sites for hydroxylation is 2. The van der Waals surface area contributed by atoms with E-state index in [1.165, 1.54) is 5.56 Å². The van der Waals surface area contributed by atoms with E-state index in [4.69, 9.17) is 9.72 Å². The molecule has 1 saturated heterocycles. The second-order valence-electron chi connectivity index (χ2n) is 6.99. The number of hydrogen-bond donors (Lipinski definition) is 3. The summed E-state index contributed by atoms with van der Waals surface area (Å²) >= 11 is 0. The molecule has 0 saturated carbocycles. The van der Waals surface area contributed by atoms with E-state index >= 15 is 0 Å². The third kappa shape index (κ3) is 4.09. The van der Waals surface area contributed by atoms with Gasteiger partial charge in [-0.15, -0.1) is 0 Å². The number of aromatic nitrogens is 2. The maximum absolute atomic E-state index is 12.3. The summed E-state index contributed by atoms with van der Waals surface area (Å²) in [4.78, 5) is 21.5. The summed E-state index contributed by atoms with van der Waals surface area (Å²) in [5, 5.41) is 16.4. The molecule has 7 nitrogen and oxygen atoms in total. The molecule has 1 fully saturated rings. The van der Waals surface area contributed by atoms with Gasteiger partial charge in [-0.2, -0.15) is 0 Å². The first-order valence-corrected chi connectivity index (χ1v) is 9.45. The molecular formula is C20H24N4O3. The molecule has 2 aliphatic heterocycles. The van der Waals surface area contributed by atoms with Crippen molar-refractivity contribution in [1.82, 2.24) is 15.3 Å². The van der Waals surface area contributed by atoms with Crippen molar-refractivity contribution in [3.63, 3.8) is 0 Å². The maximum Gasteiger partial charge on any atom is 0.270 e. The molecule has 2 atom stereocenters. The Balaban J connectivity index is 1.60. The summed E-state index contributed by atoms with van der Waals surface area (Å²) in [5.74, 6) is 1.11. The number of nitrogens with zero attached hydrogens (tertiary/aromatic N) is 2. The number of rotatable bonds is 5. The molecule has 1 aromatic carbocycles. The lowest BCUT2D eigenvalue weighted by molar-refractivity contribution is 0.00301. The summed E-state index contributed by atoms with van der Waals surface area (Å²) in [7, 11) is 0. The predicted octanol–water partition coefficient (Wildman–Crippen LogP) is 1.11. The lowest BCUT2D eigenvalue weighted by Crippen LogP contribution is -2.43. The van der Waals surface area contributed by atoms with Crippen LogP contribution in [0.5, 0.6) is 0 Å². The van der Waals surface area contributed by atoms with Gasteiger partial charge >= 0.3 is 0 Å². The van der Waals surface area contributed by atoms with E-state index in [1.54, 1.807) is 0 Å². The quantitative estimate of drug-likeness (QED) is 0.732. The number of carbonyl (C=O) groups is 1. The molecule has 142 valence electrons. The maximum atomic E-state index is 12.3. The van der Waals surface area contributed by atoms with Crippen LogP contribution in [-0.4, -0.2) is 52.9 Å². The predicted molar refractivity (Wildman–Crippen MR) is 101 cm³/mol. The van der Waals surface area contributed by atoms with Gasteiger partial charge in [0.05, 0.1) is 18.8 Å². The highest BCUT2D eigenvalue weighted by molar-refractivity contribution is 5.96. The first-order chi connectivity index (χ1) is 13.2. The van der Waals surface area contributed by atoms with E-state index in [0.717, 1.165) is 12.0 Å². The fraction of sp³-hybridized carbons (Fsp3) is 0.450.